The van der Waals surface area contributed by atoms with Gasteiger partial charge in [-0.2, -0.15) is 13.2 Å². The lowest BCUT2D eigenvalue weighted by molar-refractivity contribution is -0.137. The highest BCUT2D eigenvalue weighted by molar-refractivity contribution is 5.94. The summed E-state index contributed by atoms with van der Waals surface area (Å²) in [6.45, 7) is 3.61. The monoisotopic (exact) mass is 416 g/mol. The molecule has 1 aromatic carbocycles. The zero-order valence-corrected chi connectivity index (χ0v) is 16.2. The zero-order chi connectivity index (χ0) is 21.3. The first-order valence-electron chi connectivity index (χ1n) is 9.37. The number of rotatable bonds is 3. The highest BCUT2D eigenvalue weighted by atomic mass is 19.4. The predicted octanol–water partition coefficient (Wildman–Crippen LogP) is 2.95. The lowest BCUT2D eigenvalue weighted by Gasteiger charge is -2.35. The second-order valence-electron chi connectivity index (χ2n) is 6.96. The first kappa shape index (κ1) is 19.9. The molecule has 156 valence electrons. The number of aromatic nitrogens is 4. The van der Waals surface area contributed by atoms with E-state index in [2.05, 4.69) is 15.0 Å². The fourth-order valence-electron chi connectivity index (χ4n) is 3.38. The summed E-state index contributed by atoms with van der Waals surface area (Å²) in [7, 11) is 0. The first-order valence-corrected chi connectivity index (χ1v) is 9.37. The second kappa shape index (κ2) is 7.77. The Hall–Kier alpha value is -3.43. The molecular weight excluding hydrogens is 397 g/mol. The number of benzene rings is 1. The van der Waals surface area contributed by atoms with Gasteiger partial charge < -0.3 is 9.80 Å². The molecule has 1 aliphatic heterocycles. The Bertz CT molecular complexity index is 1040. The molecule has 3 aromatic rings. The number of carbonyl (C=O) groups is 1. The maximum absolute atomic E-state index is 12.9. The van der Waals surface area contributed by atoms with Crippen molar-refractivity contribution in [1.29, 1.82) is 0 Å². The fraction of sp³-hybridized carbons (Fsp3) is 0.300. The number of piperazine rings is 1. The molecule has 1 saturated heterocycles. The summed E-state index contributed by atoms with van der Waals surface area (Å²) in [5.74, 6) is 1.63. The van der Waals surface area contributed by atoms with Crippen LogP contribution < -0.4 is 4.90 Å². The minimum absolute atomic E-state index is 0.0403. The SMILES string of the molecule is Cc1nc(N2CCN(C(=O)c3cccc(C(F)(F)F)c3)CC2)cc(-n2ccnc2)n1. The minimum atomic E-state index is -4.48. The molecule has 30 heavy (non-hydrogen) atoms. The smallest absolute Gasteiger partial charge is 0.353 e. The van der Waals surface area contributed by atoms with E-state index in [4.69, 9.17) is 0 Å². The van der Waals surface area contributed by atoms with E-state index in [1.54, 1.807) is 35.1 Å². The van der Waals surface area contributed by atoms with Crippen molar-refractivity contribution >= 4 is 11.7 Å². The number of halogens is 3. The lowest BCUT2D eigenvalue weighted by Crippen LogP contribution is -2.49. The van der Waals surface area contributed by atoms with Gasteiger partial charge in [0.15, 0.2) is 0 Å². The van der Waals surface area contributed by atoms with Gasteiger partial charge in [0.1, 0.15) is 23.8 Å². The van der Waals surface area contributed by atoms with Crippen LogP contribution in [0, 0.1) is 6.92 Å². The molecule has 3 heterocycles. The maximum Gasteiger partial charge on any atom is 0.416 e. The zero-order valence-electron chi connectivity index (χ0n) is 16.2. The van der Waals surface area contributed by atoms with Crippen molar-refractivity contribution in [2.75, 3.05) is 31.1 Å². The van der Waals surface area contributed by atoms with Crippen LogP contribution in [0.4, 0.5) is 19.0 Å². The summed E-state index contributed by atoms with van der Waals surface area (Å²) in [4.78, 5) is 29.2. The van der Waals surface area contributed by atoms with Crippen molar-refractivity contribution in [2.45, 2.75) is 13.1 Å². The summed E-state index contributed by atoms with van der Waals surface area (Å²) >= 11 is 0. The van der Waals surface area contributed by atoms with Gasteiger partial charge in [0, 0.05) is 50.2 Å². The standard InChI is InChI=1S/C20H19F3N6O/c1-14-25-17(12-18(26-14)29-6-5-24-13-29)27-7-9-28(10-8-27)19(30)15-3-2-4-16(11-15)20(21,22)23/h2-6,11-13H,7-10H2,1H3. The van der Waals surface area contributed by atoms with Crippen molar-refractivity contribution < 1.29 is 18.0 Å². The summed E-state index contributed by atoms with van der Waals surface area (Å²) in [6, 6.07) is 6.38. The number of imidazole rings is 1. The van der Waals surface area contributed by atoms with Crippen molar-refractivity contribution in [3.05, 3.63) is 66.0 Å². The van der Waals surface area contributed by atoms with Crippen LogP contribution in [0.5, 0.6) is 0 Å². The van der Waals surface area contributed by atoms with E-state index in [1.807, 2.05) is 11.0 Å². The van der Waals surface area contributed by atoms with E-state index in [9.17, 15) is 18.0 Å². The summed E-state index contributed by atoms with van der Waals surface area (Å²) in [5.41, 5.74) is -0.783. The molecule has 1 aliphatic rings. The number of alkyl halides is 3. The topological polar surface area (TPSA) is 67.2 Å². The fourth-order valence-corrected chi connectivity index (χ4v) is 3.38. The molecule has 0 atom stereocenters. The van der Waals surface area contributed by atoms with Crippen LogP contribution in [0.3, 0.4) is 0 Å². The van der Waals surface area contributed by atoms with Gasteiger partial charge in [-0.3, -0.25) is 9.36 Å². The molecule has 0 aliphatic carbocycles. The number of anilines is 1. The minimum Gasteiger partial charge on any atom is -0.353 e. The summed E-state index contributed by atoms with van der Waals surface area (Å²) in [6.07, 6.45) is 0.622. The van der Waals surface area contributed by atoms with Gasteiger partial charge in [0.25, 0.3) is 5.91 Å². The van der Waals surface area contributed by atoms with Gasteiger partial charge in [-0.05, 0) is 25.1 Å². The molecule has 0 radical (unpaired) electrons. The van der Waals surface area contributed by atoms with Crippen LogP contribution in [-0.4, -0.2) is 56.5 Å². The van der Waals surface area contributed by atoms with Crippen LogP contribution >= 0.6 is 0 Å². The van der Waals surface area contributed by atoms with Crippen LogP contribution in [-0.2, 0) is 6.18 Å². The van der Waals surface area contributed by atoms with Gasteiger partial charge >= 0.3 is 6.18 Å². The van der Waals surface area contributed by atoms with Crippen LogP contribution in [0.15, 0.2) is 49.1 Å². The van der Waals surface area contributed by atoms with E-state index in [0.717, 1.165) is 18.0 Å². The summed E-state index contributed by atoms with van der Waals surface area (Å²) < 4.78 is 40.6. The Balaban J connectivity index is 1.46. The number of nitrogens with zero attached hydrogens (tertiary/aromatic N) is 6. The van der Waals surface area contributed by atoms with Crippen LogP contribution in [0.2, 0.25) is 0 Å². The first-order chi connectivity index (χ1) is 14.3. The summed E-state index contributed by atoms with van der Waals surface area (Å²) in [5, 5.41) is 0. The number of carbonyl (C=O) groups excluding carboxylic acids is 1. The molecule has 1 fully saturated rings. The van der Waals surface area contributed by atoms with Crippen molar-refractivity contribution in [3.63, 3.8) is 0 Å². The Morgan fingerprint density at radius 1 is 1.03 bits per heavy atom. The van der Waals surface area contributed by atoms with E-state index < -0.39 is 17.6 Å². The van der Waals surface area contributed by atoms with Crippen molar-refractivity contribution in [3.8, 4) is 5.82 Å². The van der Waals surface area contributed by atoms with E-state index >= 15 is 0 Å². The van der Waals surface area contributed by atoms with Gasteiger partial charge in [-0.15, -0.1) is 0 Å². The van der Waals surface area contributed by atoms with Crippen LogP contribution in [0.25, 0.3) is 5.82 Å². The predicted molar refractivity (Wildman–Crippen MR) is 103 cm³/mol. The molecular formula is C20H19F3N6O. The molecule has 4 rings (SSSR count). The molecule has 0 bridgehead atoms. The number of hydrogen-bond acceptors (Lipinski definition) is 5. The average Bonchev–Trinajstić information content (AvgIpc) is 3.27. The van der Waals surface area contributed by atoms with Gasteiger partial charge in [0.05, 0.1) is 5.56 Å². The van der Waals surface area contributed by atoms with E-state index in [-0.39, 0.29) is 5.56 Å². The molecule has 2 aromatic heterocycles. The molecule has 10 heteroatoms. The Morgan fingerprint density at radius 3 is 2.43 bits per heavy atom. The third kappa shape index (κ3) is 4.12. The Labute approximate surface area is 170 Å². The van der Waals surface area contributed by atoms with E-state index in [0.29, 0.717) is 37.8 Å². The largest absolute Gasteiger partial charge is 0.416 e. The number of amides is 1. The lowest BCUT2D eigenvalue weighted by atomic mass is 10.1. The van der Waals surface area contributed by atoms with Crippen LogP contribution in [0.1, 0.15) is 21.7 Å². The van der Waals surface area contributed by atoms with E-state index in [1.165, 1.54) is 12.1 Å². The maximum atomic E-state index is 12.9. The Morgan fingerprint density at radius 2 is 1.77 bits per heavy atom. The third-order valence-electron chi connectivity index (χ3n) is 4.91. The van der Waals surface area contributed by atoms with Crippen molar-refractivity contribution in [1.82, 2.24) is 24.4 Å². The molecule has 0 saturated carbocycles. The average molecular weight is 416 g/mol. The quantitative estimate of drug-likeness (QED) is 0.657. The normalized spacial score (nSPS) is 14.8. The van der Waals surface area contributed by atoms with Crippen molar-refractivity contribution in [2.24, 2.45) is 0 Å². The van der Waals surface area contributed by atoms with Gasteiger partial charge in [0.2, 0.25) is 0 Å². The molecule has 0 spiro atoms. The number of hydrogen-bond donors (Lipinski definition) is 0. The molecule has 1 amide bonds. The number of aryl methyl sites for hydroxylation is 1. The highest BCUT2D eigenvalue weighted by Gasteiger charge is 2.31. The van der Waals surface area contributed by atoms with Gasteiger partial charge in [-0.25, -0.2) is 15.0 Å². The Kier molecular flexibility index (Phi) is 5.15. The second-order valence-corrected chi connectivity index (χ2v) is 6.96. The molecule has 0 N–H and O–H groups in total. The van der Waals surface area contributed by atoms with Gasteiger partial charge in [-0.1, -0.05) is 6.07 Å². The highest BCUT2D eigenvalue weighted by Crippen LogP contribution is 2.30. The third-order valence-corrected chi connectivity index (χ3v) is 4.91. The molecule has 7 nitrogen and oxygen atoms in total. The molecule has 0 unspecified atom stereocenters.